The summed E-state index contributed by atoms with van der Waals surface area (Å²) in [5.41, 5.74) is 2.55. The molecule has 0 saturated carbocycles. The molecule has 0 bridgehead atoms. The van der Waals surface area contributed by atoms with Gasteiger partial charge in [-0.2, -0.15) is 5.10 Å². The van der Waals surface area contributed by atoms with Crippen LogP contribution in [0, 0.1) is 5.92 Å². The van der Waals surface area contributed by atoms with Crippen molar-refractivity contribution in [1.82, 2.24) is 9.78 Å². The molecule has 1 aromatic rings. The third-order valence-electron chi connectivity index (χ3n) is 3.01. The van der Waals surface area contributed by atoms with Gasteiger partial charge in [-0.1, -0.05) is 6.92 Å². The Labute approximate surface area is 88.9 Å². The number of fused-ring (bicyclic) bond motifs is 1. The van der Waals surface area contributed by atoms with Gasteiger partial charge < -0.3 is 5.11 Å². The molecule has 1 aliphatic rings. The Morgan fingerprint density at radius 2 is 2.33 bits per heavy atom. The monoisotopic (exact) mass is 208 g/mol. The summed E-state index contributed by atoms with van der Waals surface area (Å²) in [5, 5.41) is 13.1. The Morgan fingerprint density at radius 3 is 3.07 bits per heavy atom. The minimum absolute atomic E-state index is 0.365. The average Bonchev–Trinajstić information content (AvgIpc) is 2.62. The van der Waals surface area contributed by atoms with Gasteiger partial charge in [-0.15, -0.1) is 0 Å². The van der Waals surface area contributed by atoms with Crippen LogP contribution in [-0.4, -0.2) is 20.9 Å². The molecule has 1 unspecified atom stereocenters. The molecule has 1 aliphatic carbocycles. The Bertz CT molecular complexity index is 371. The van der Waals surface area contributed by atoms with Crippen molar-refractivity contribution in [3.63, 3.8) is 0 Å². The highest BCUT2D eigenvalue weighted by Gasteiger charge is 2.18. The molecule has 0 radical (unpaired) electrons. The second-order valence-electron chi connectivity index (χ2n) is 4.25. The standard InChI is InChI=1S/C11H16N2O2/c1-8(11(14)15)7-13-10-5-3-2-4-9(10)6-12-13/h6,8H,2-5,7H2,1H3,(H,14,15). The van der Waals surface area contributed by atoms with E-state index >= 15 is 0 Å². The maximum absolute atomic E-state index is 10.8. The number of carboxylic acids is 1. The summed E-state index contributed by atoms with van der Waals surface area (Å²) in [4.78, 5) is 10.8. The molecular formula is C11H16N2O2. The molecule has 82 valence electrons. The molecule has 1 atom stereocenters. The number of aromatic nitrogens is 2. The van der Waals surface area contributed by atoms with E-state index in [1.54, 1.807) is 6.92 Å². The van der Waals surface area contributed by atoms with Crippen LogP contribution in [0.4, 0.5) is 0 Å². The van der Waals surface area contributed by atoms with Crippen molar-refractivity contribution in [1.29, 1.82) is 0 Å². The summed E-state index contributed by atoms with van der Waals surface area (Å²) in [6, 6.07) is 0. The molecule has 4 heteroatoms. The lowest BCUT2D eigenvalue weighted by Gasteiger charge is -2.15. The zero-order valence-corrected chi connectivity index (χ0v) is 8.94. The number of hydrogen-bond donors (Lipinski definition) is 1. The van der Waals surface area contributed by atoms with Crippen LogP contribution in [0.2, 0.25) is 0 Å². The van der Waals surface area contributed by atoms with E-state index in [4.69, 9.17) is 5.11 Å². The van der Waals surface area contributed by atoms with Crippen LogP contribution in [0.5, 0.6) is 0 Å². The van der Waals surface area contributed by atoms with Gasteiger partial charge in [0.25, 0.3) is 0 Å². The largest absolute Gasteiger partial charge is 0.481 e. The Hall–Kier alpha value is -1.32. The van der Waals surface area contributed by atoms with Crippen molar-refractivity contribution in [2.24, 2.45) is 5.92 Å². The maximum Gasteiger partial charge on any atom is 0.308 e. The number of aliphatic carboxylic acids is 1. The molecule has 0 aliphatic heterocycles. The fourth-order valence-electron chi connectivity index (χ4n) is 2.05. The van der Waals surface area contributed by atoms with Gasteiger partial charge in [0, 0.05) is 5.69 Å². The number of aryl methyl sites for hydroxylation is 1. The first-order valence-electron chi connectivity index (χ1n) is 5.45. The Balaban J connectivity index is 2.15. The van der Waals surface area contributed by atoms with Gasteiger partial charge in [0.05, 0.1) is 18.7 Å². The third-order valence-corrected chi connectivity index (χ3v) is 3.01. The van der Waals surface area contributed by atoms with Crippen LogP contribution in [0.25, 0.3) is 0 Å². The molecular weight excluding hydrogens is 192 g/mol. The highest BCUT2D eigenvalue weighted by molar-refractivity contribution is 5.69. The van der Waals surface area contributed by atoms with E-state index in [1.165, 1.54) is 24.1 Å². The lowest BCUT2D eigenvalue weighted by atomic mass is 9.98. The van der Waals surface area contributed by atoms with E-state index in [2.05, 4.69) is 5.10 Å². The molecule has 0 fully saturated rings. The number of nitrogens with zero attached hydrogens (tertiary/aromatic N) is 2. The van der Waals surface area contributed by atoms with Crippen LogP contribution in [0.3, 0.4) is 0 Å². The number of hydrogen-bond acceptors (Lipinski definition) is 2. The molecule has 2 rings (SSSR count). The first-order chi connectivity index (χ1) is 7.18. The number of carboxylic acid groups (broad SMARTS) is 1. The van der Waals surface area contributed by atoms with Crippen LogP contribution in [0.1, 0.15) is 31.0 Å². The SMILES string of the molecule is CC(Cn1ncc2c1CCCC2)C(=O)O. The van der Waals surface area contributed by atoms with Gasteiger partial charge in [-0.3, -0.25) is 9.48 Å². The van der Waals surface area contributed by atoms with Gasteiger partial charge >= 0.3 is 5.97 Å². The second kappa shape index (κ2) is 4.04. The van der Waals surface area contributed by atoms with Crippen LogP contribution < -0.4 is 0 Å². The van der Waals surface area contributed by atoms with Crippen molar-refractivity contribution >= 4 is 5.97 Å². The van der Waals surface area contributed by atoms with E-state index in [9.17, 15) is 4.79 Å². The van der Waals surface area contributed by atoms with Crippen molar-refractivity contribution < 1.29 is 9.90 Å². The molecule has 0 aromatic carbocycles. The molecule has 1 aromatic heterocycles. The van der Waals surface area contributed by atoms with Gasteiger partial charge in [-0.25, -0.2) is 0 Å². The van der Waals surface area contributed by atoms with Gasteiger partial charge in [0.2, 0.25) is 0 Å². The van der Waals surface area contributed by atoms with E-state index < -0.39 is 5.97 Å². The lowest BCUT2D eigenvalue weighted by molar-refractivity contribution is -0.141. The first kappa shape index (κ1) is 10.2. The third kappa shape index (κ3) is 2.03. The molecule has 1 heterocycles. The topological polar surface area (TPSA) is 55.1 Å². The minimum Gasteiger partial charge on any atom is -0.481 e. The summed E-state index contributed by atoms with van der Waals surface area (Å²) < 4.78 is 1.87. The molecule has 4 nitrogen and oxygen atoms in total. The summed E-state index contributed by atoms with van der Waals surface area (Å²) in [5.74, 6) is -1.12. The van der Waals surface area contributed by atoms with Crippen LogP contribution in [0.15, 0.2) is 6.20 Å². The van der Waals surface area contributed by atoms with Crippen molar-refractivity contribution in [3.05, 3.63) is 17.5 Å². The van der Waals surface area contributed by atoms with Gasteiger partial charge in [0.1, 0.15) is 0 Å². The fraction of sp³-hybridized carbons (Fsp3) is 0.636. The highest BCUT2D eigenvalue weighted by Crippen LogP contribution is 2.21. The smallest absolute Gasteiger partial charge is 0.308 e. The van der Waals surface area contributed by atoms with Crippen molar-refractivity contribution in [3.8, 4) is 0 Å². The van der Waals surface area contributed by atoms with E-state index in [-0.39, 0.29) is 5.92 Å². The first-order valence-corrected chi connectivity index (χ1v) is 5.45. The van der Waals surface area contributed by atoms with E-state index in [0.29, 0.717) is 6.54 Å². The number of rotatable bonds is 3. The zero-order valence-electron chi connectivity index (χ0n) is 8.94. The summed E-state index contributed by atoms with van der Waals surface area (Å²) >= 11 is 0. The Morgan fingerprint density at radius 1 is 1.60 bits per heavy atom. The lowest BCUT2D eigenvalue weighted by Crippen LogP contribution is -2.20. The predicted molar refractivity (Wildman–Crippen MR) is 55.7 cm³/mol. The summed E-state index contributed by atoms with van der Waals surface area (Å²) in [6.45, 7) is 2.21. The minimum atomic E-state index is -0.755. The normalized spacial score (nSPS) is 17.1. The van der Waals surface area contributed by atoms with E-state index in [0.717, 1.165) is 12.8 Å². The van der Waals surface area contributed by atoms with E-state index in [1.807, 2.05) is 10.9 Å². The molecule has 0 saturated heterocycles. The van der Waals surface area contributed by atoms with Crippen LogP contribution in [-0.2, 0) is 24.2 Å². The van der Waals surface area contributed by atoms with Gasteiger partial charge in [0.15, 0.2) is 0 Å². The number of carbonyl (C=O) groups is 1. The summed E-state index contributed by atoms with van der Waals surface area (Å²) in [6.07, 6.45) is 6.45. The zero-order chi connectivity index (χ0) is 10.8. The van der Waals surface area contributed by atoms with Gasteiger partial charge in [-0.05, 0) is 31.2 Å². The summed E-state index contributed by atoms with van der Waals surface area (Å²) in [7, 11) is 0. The van der Waals surface area contributed by atoms with Crippen LogP contribution >= 0.6 is 0 Å². The second-order valence-corrected chi connectivity index (χ2v) is 4.25. The predicted octanol–water partition coefficient (Wildman–Crippen LogP) is 1.48. The molecule has 1 N–H and O–H groups in total. The molecule has 15 heavy (non-hydrogen) atoms. The quantitative estimate of drug-likeness (QED) is 0.818. The average molecular weight is 208 g/mol. The fourth-order valence-corrected chi connectivity index (χ4v) is 2.05. The molecule has 0 amide bonds. The molecule has 0 spiro atoms. The van der Waals surface area contributed by atoms with Crippen molar-refractivity contribution in [2.45, 2.75) is 39.2 Å². The Kier molecular flexibility index (Phi) is 2.75. The highest BCUT2D eigenvalue weighted by atomic mass is 16.4. The maximum atomic E-state index is 10.8. The van der Waals surface area contributed by atoms with Crippen molar-refractivity contribution in [2.75, 3.05) is 0 Å².